The highest BCUT2D eigenvalue weighted by molar-refractivity contribution is 7.61. The smallest absolute Gasteiger partial charge is 0.387 e. The Morgan fingerprint density at radius 3 is 1.52 bits per heavy atom. The second-order valence-electron chi connectivity index (χ2n) is 11.6. The molecule has 2 saturated heterocycles. The summed E-state index contributed by atoms with van der Waals surface area (Å²) in [6, 6.07) is 0. The highest BCUT2D eigenvalue weighted by atomic mass is 31.3. The number of aromatic amines is 2. The number of hydrogen-bond acceptors (Lipinski definition) is 19. The predicted molar refractivity (Wildman–Crippen MR) is 166 cm³/mol. The van der Waals surface area contributed by atoms with Gasteiger partial charge in [-0.15, -0.1) is 0 Å². The zero-order valence-electron chi connectivity index (χ0n) is 26.6. The number of aromatic nitrogens is 8. The molecule has 2 aliphatic rings. The first kappa shape index (κ1) is 38.2. The van der Waals surface area contributed by atoms with Crippen LogP contribution in [-0.2, 0) is 54.9 Å². The van der Waals surface area contributed by atoms with Gasteiger partial charge in [0, 0.05) is 0 Å². The Balaban J connectivity index is 1.03. The summed E-state index contributed by atoms with van der Waals surface area (Å²) in [4.78, 5) is 57.4. The number of hydrogen-bond donors (Lipinski definition) is 10. The maximum Gasteiger partial charge on any atom is 0.479 e. The standard InChI is InChI=1S/C22H31N10O17P3/c1-29-5-31(15-9(29)17(37)27-21(23)25-15)19-13(35)11(33)7(46-19)3-44-51(40,41)48-50(39)49-52(42,43)45-4-8-12(34)14(36)20(47-8)32-6-30(2)10-16(32)26-22(24)28-18(10)38/h5-8,11-14,19-20,33-36,50H,3-4H2,1-2H3,(H6-2,23,24,25,26,27,28,37,38,40,41,42,43)/p+2/t7-,8-,11-,12-,13-,14-,19-,20-/m1/s1. The second-order valence-corrected chi connectivity index (χ2v) is 15.9. The highest BCUT2D eigenvalue weighted by Crippen LogP contribution is 2.60. The van der Waals surface area contributed by atoms with E-state index in [4.69, 9.17) is 30.0 Å². The number of fused-ring (bicyclic) bond motifs is 2. The zero-order chi connectivity index (χ0) is 38.0. The Labute approximate surface area is 288 Å². The number of nitrogen functional groups attached to an aromatic ring is 2. The van der Waals surface area contributed by atoms with E-state index in [9.17, 15) is 53.5 Å². The molecule has 4 aromatic rings. The minimum Gasteiger partial charge on any atom is -0.387 e. The number of aliphatic hydroxyl groups excluding tert-OH is 4. The first-order valence-corrected chi connectivity index (χ1v) is 18.9. The lowest BCUT2D eigenvalue weighted by molar-refractivity contribution is -0.646. The number of phosphoric ester groups is 2. The van der Waals surface area contributed by atoms with Crippen molar-refractivity contribution in [2.24, 2.45) is 14.1 Å². The molecule has 30 heteroatoms. The van der Waals surface area contributed by atoms with E-state index in [0.717, 1.165) is 0 Å². The molecule has 6 rings (SSSR count). The quantitative estimate of drug-likeness (QED) is 0.0474. The summed E-state index contributed by atoms with van der Waals surface area (Å²) in [6.07, 6.45) is -10.0. The van der Waals surface area contributed by atoms with Crippen LogP contribution in [0.2, 0.25) is 0 Å². The van der Waals surface area contributed by atoms with Crippen molar-refractivity contribution in [1.29, 1.82) is 0 Å². The van der Waals surface area contributed by atoms with Crippen LogP contribution in [0.1, 0.15) is 12.5 Å². The Kier molecular flexibility index (Phi) is 10.3. The van der Waals surface area contributed by atoms with Crippen molar-refractivity contribution in [1.82, 2.24) is 29.1 Å². The lowest BCUT2D eigenvalue weighted by atomic mass is 10.1. The monoisotopic (exact) mass is 802 g/mol. The van der Waals surface area contributed by atoms with Gasteiger partial charge >= 0.3 is 35.0 Å². The lowest BCUT2D eigenvalue weighted by Gasteiger charge is -2.18. The molecule has 0 bridgehead atoms. The maximum absolute atomic E-state index is 12.5. The number of nitrogens with one attached hydrogen (secondary N) is 2. The number of rotatable bonds is 12. The molecule has 286 valence electrons. The summed E-state index contributed by atoms with van der Waals surface area (Å²) in [6.45, 7) is -1.92. The van der Waals surface area contributed by atoms with Gasteiger partial charge in [-0.2, -0.15) is 19.1 Å². The molecule has 0 saturated carbocycles. The topological polar surface area (TPSA) is 389 Å². The van der Waals surface area contributed by atoms with Crippen molar-refractivity contribution < 1.29 is 80.2 Å². The summed E-state index contributed by atoms with van der Waals surface area (Å²) >= 11 is 0. The van der Waals surface area contributed by atoms with E-state index in [1.165, 1.54) is 45.0 Å². The van der Waals surface area contributed by atoms with E-state index < -0.39 is 97.3 Å². The van der Waals surface area contributed by atoms with Crippen molar-refractivity contribution in [2.45, 2.75) is 49.1 Å². The van der Waals surface area contributed by atoms with Gasteiger partial charge in [0.05, 0.1) is 27.3 Å². The van der Waals surface area contributed by atoms with Crippen molar-refractivity contribution in [3.05, 3.63) is 33.4 Å². The van der Waals surface area contributed by atoms with Crippen LogP contribution in [0.4, 0.5) is 11.9 Å². The highest BCUT2D eigenvalue weighted by Gasteiger charge is 2.50. The maximum atomic E-state index is 12.5. The summed E-state index contributed by atoms with van der Waals surface area (Å²) in [5.74, 6) is -0.508. The van der Waals surface area contributed by atoms with E-state index >= 15 is 0 Å². The number of imidazole rings is 2. The molecule has 10 atom stereocenters. The molecular formula is C22H33N10O17P3+2. The Morgan fingerprint density at radius 1 is 0.788 bits per heavy atom. The van der Waals surface area contributed by atoms with Gasteiger partial charge in [-0.05, 0) is 0 Å². The third-order valence-electron chi connectivity index (χ3n) is 7.99. The molecular weight excluding hydrogens is 769 g/mol. The van der Waals surface area contributed by atoms with Crippen LogP contribution in [0.3, 0.4) is 0 Å². The third-order valence-corrected chi connectivity index (χ3v) is 12.0. The van der Waals surface area contributed by atoms with Gasteiger partial charge in [-0.3, -0.25) is 33.2 Å². The van der Waals surface area contributed by atoms with Crippen LogP contribution in [0.25, 0.3) is 22.3 Å². The van der Waals surface area contributed by atoms with Crippen molar-refractivity contribution in [3.8, 4) is 0 Å². The molecule has 2 fully saturated rings. The number of ether oxygens (including phenoxy) is 2. The van der Waals surface area contributed by atoms with Crippen LogP contribution in [0.5, 0.6) is 0 Å². The number of nitrogens with two attached hydrogens (primary N) is 2. The van der Waals surface area contributed by atoms with Gasteiger partial charge in [0.25, 0.3) is 22.3 Å². The van der Waals surface area contributed by atoms with Crippen LogP contribution in [0, 0.1) is 0 Å². The number of anilines is 2. The minimum atomic E-state index is -5.38. The molecule has 0 amide bonds. The third kappa shape index (κ3) is 7.35. The number of phosphoric acid groups is 2. The Morgan fingerprint density at radius 2 is 1.15 bits per heavy atom. The summed E-state index contributed by atoms with van der Waals surface area (Å²) in [5, 5.41) is 42.3. The molecule has 2 aliphatic heterocycles. The normalized spacial score (nSPS) is 29.5. The van der Waals surface area contributed by atoms with Crippen LogP contribution in [0.15, 0.2) is 22.2 Å². The molecule has 0 aliphatic carbocycles. The summed E-state index contributed by atoms with van der Waals surface area (Å²) < 4.78 is 71.5. The van der Waals surface area contributed by atoms with E-state index in [1.807, 2.05) is 0 Å². The van der Waals surface area contributed by atoms with E-state index in [-0.39, 0.29) is 34.2 Å². The average Bonchev–Trinajstić information content (AvgIpc) is 3.72. The fourth-order valence-electron chi connectivity index (χ4n) is 5.70. The number of aliphatic hydroxyl groups is 4. The fourth-order valence-corrected chi connectivity index (χ4v) is 8.73. The van der Waals surface area contributed by atoms with Gasteiger partial charge in [-0.25, -0.2) is 26.9 Å². The molecule has 52 heavy (non-hydrogen) atoms. The SMILES string of the molecule is C[n+]1cn([C@@H]2O[C@H](COP(=O)(O)O[PH](=O)OP(=O)(O)OC[C@H]3O[C@@H](n4c[n+](C)c5c(=O)[nH]c(N)nc54)[C@H](O)[C@@H]3O)[C@@H](O)[C@H]2O)c2nc(N)[nH]c(=O)c21. The molecule has 2 unspecified atom stereocenters. The van der Waals surface area contributed by atoms with Crippen LogP contribution < -0.4 is 31.7 Å². The Bertz CT molecular complexity index is 2110. The lowest BCUT2D eigenvalue weighted by Crippen LogP contribution is -2.34. The van der Waals surface area contributed by atoms with Gasteiger partial charge < -0.3 is 51.2 Å². The van der Waals surface area contributed by atoms with Gasteiger partial charge in [0.2, 0.25) is 37.0 Å². The van der Waals surface area contributed by atoms with Gasteiger partial charge in [-0.1, -0.05) is 0 Å². The first-order valence-electron chi connectivity index (χ1n) is 14.7. The molecule has 0 spiro atoms. The minimum absolute atomic E-state index is 0.0291. The molecule has 0 aromatic carbocycles. The van der Waals surface area contributed by atoms with E-state index in [0.29, 0.717) is 0 Å². The zero-order valence-corrected chi connectivity index (χ0v) is 29.4. The van der Waals surface area contributed by atoms with Gasteiger partial charge in [0.15, 0.2) is 0 Å². The van der Waals surface area contributed by atoms with Gasteiger partial charge in [0.1, 0.15) is 36.6 Å². The number of aryl methyl sites for hydroxylation is 2. The molecule has 12 N–H and O–H groups in total. The fraction of sp³-hybridized carbons (Fsp3) is 0.545. The first-order chi connectivity index (χ1) is 24.3. The van der Waals surface area contributed by atoms with Crippen molar-refractivity contribution in [2.75, 3.05) is 24.7 Å². The predicted octanol–water partition coefficient (Wildman–Crippen LogP) is -4.83. The summed E-state index contributed by atoms with van der Waals surface area (Å²) in [7, 11) is -12.1. The molecule has 0 radical (unpaired) electrons. The van der Waals surface area contributed by atoms with Crippen molar-refractivity contribution >= 4 is 58.1 Å². The molecule has 27 nitrogen and oxygen atoms in total. The molecule has 4 aromatic heterocycles. The number of nitrogens with zero attached hydrogens (tertiary/aromatic N) is 6. The second kappa shape index (κ2) is 14.1. The largest absolute Gasteiger partial charge is 0.479 e. The van der Waals surface area contributed by atoms with Crippen LogP contribution >= 0.6 is 23.9 Å². The van der Waals surface area contributed by atoms with Crippen molar-refractivity contribution in [3.63, 3.8) is 0 Å². The van der Waals surface area contributed by atoms with E-state index in [2.05, 4.69) is 28.6 Å². The molecule has 6 heterocycles. The van der Waals surface area contributed by atoms with Crippen LogP contribution in [-0.4, -0.2) is 109 Å². The average molecular weight is 802 g/mol. The van der Waals surface area contributed by atoms with E-state index in [1.54, 1.807) is 0 Å². The Hall–Kier alpha value is -3.49. The summed E-state index contributed by atoms with van der Waals surface area (Å²) in [5.41, 5.74) is 10.0. The number of H-pyrrole nitrogens is 2.